The van der Waals surface area contributed by atoms with Gasteiger partial charge in [-0.3, -0.25) is 0 Å². The molecule has 0 aromatic heterocycles. The van der Waals surface area contributed by atoms with Crippen molar-refractivity contribution in [3.63, 3.8) is 0 Å². The van der Waals surface area contributed by atoms with Gasteiger partial charge in [-0.1, -0.05) is 6.92 Å². The Morgan fingerprint density at radius 1 is 1.19 bits per heavy atom. The van der Waals surface area contributed by atoms with E-state index in [2.05, 4.69) is 11.8 Å². The summed E-state index contributed by atoms with van der Waals surface area (Å²) in [6.07, 6.45) is 4.98. The van der Waals surface area contributed by atoms with Crippen LogP contribution in [-0.4, -0.2) is 43.5 Å². The van der Waals surface area contributed by atoms with Crippen LogP contribution in [0, 0.1) is 0 Å². The summed E-state index contributed by atoms with van der Waals surface area (Å²) in [4.78, 5) is 2.59. The van der Waals surface area contributed by atoms with E-state index in [0.29, 0.717) is 0 Å². The quantitative estimate of drug-likeness (QED) is 0.597. The molecule has 1 atom stereocenters. The first kappa shape index (κ1) is 13.9. The Hall–Kier alpha value is -0.120. The van der Waals surface area contributed by atoms with E-state index in [9.17, 15) is 0 Å². The van der Waals surface area contributed by atoms with Gasteiger partial charge in [0, 0.05) is 32.2 Å². The number of nitrogens with zero attached hydrogens (tertiary/aromatic N) is 1. The summed E-state index contributed by atoms with van der Waals surface area (Å²) in [6.45, 7) is 10.2. The van der Waals surface area contributed by atoms with Gasteiger partial charge in [-0.2, -0.15) is 0 Å². The Morgan fingerprint density at radius 3 is 2.44 bits per heavy atom. The van der Waals surface area contributed by atoms with Gasteiger partial charge in [-0.15, -0.1) is 0 Å². The fourth-order valence-corrected chi connectivity index (χ4v) is 2.51. The highest BCUT2D eigenvalue weighted by atomic mass is 16.7. The molecule has 1 aliphatic heterocycles. The summed E-state index contributed by atoms with van der Waals surface area (Å²) >= 11 is 0. The first-order chi connectivity index (χ1) is 7.81. The van der Waals surface area contributed by atoms with E-state index >= 15 is 0 Å². The lowest BCUT2D eigenvalue weighted by Gasteiger charge is -2.25. The SMILES string of the molecule is CCOC(CCN1CCCC1CC)OCC. The molecular formula is C13H27NO2. The average Bonchev–Trinajstić information content (AvgIpc) is 2.74. The first-order valence-corrected chi connectivity index (χ1v) is 6.79. The summed E-state index contributed by atoms with van der Waals surface area (Å²) in [7, 11) is 0. The fourth-order valence-electron chi connectivity index (χ4n) is 2.51. The molecule has 0 spiro atoms. The predicted molar refractivity (Wildman–Crippen MR) is 66.5 cm³/mol. The Labute approximate surface area is 100 Å². The molecule has 1 fully saturated rings. The topological polar surface area (TPSA) is 21.7 Å². The van der Waals surface area contributed by atoms with E-state index in [1.807, 2.05) is 13.8 Å². The van der Waals surface area contributed by atoms with Gasteiger partial charge in [0.25, 0.3) is 0 Å². The Kier molecular flexibility index (Phi) is 7.01. The smallest absolute Gasteiger partial charge is 0.158 e. The van der Waals surface area contributed by atoms with Crippen molar-refractivity contribution in [2.45, 2.75) is 58.8 Å². The second kappa shape index (κ2) is 8.04. The highest BCUT2D eigenvalue weighted by molar-refractivity contribution is 4.77. The van der Waals surface area contributed by atoms with E-state index in [4.69, 9.17) is 9.47 Å². The van der Waals surface area contributed by atoms with Gasteiger partial charge in [0.2, 0.25) is 0 Å². The van der Waals surface area contributed by atoms with Gasteiger partial charge in [-0.25, -0.2) is 0 Å². The minimum Gasteiger partial charge on any atom is -0.353 e. The fraction of sp³-hybridized carbons (Fsp3) is 1.00. The minimum absolute atomic E-state index is 0.00638. The van der Waals surface area contributed by atoms with Crippen LogP contribution in [0.4, 0.5) is 0 Å². The van der Waals surface area contributed by atoms with Gasteiger partial charge < -0.3 is 14.4 Å². The molecule has 3 heteroatoms. The maximum Gasteiger partial charge on any atom is 0.158 e. The molecule has 1 aliphatic rings. The van der Waals surface area contributed by atoms with E-state index in [1.54, 1.807) is 0 Å². The molecular weight excluding hydrogens is 202 g/mol. The zero-order valence-corrected chi connectivity index (χ0v) is 11.1. The zero-order chi connectivity index (χ0) is 11.8. The average molecular weight is 229 g/mol. The van der Waals surface area contributed by atoms with Gasteiger partial charge in [0.15, 0.2) is 6.29 Å². The van der Waals surface area contributed by atoms with Crippen molar-refractivity contribution in [1.82, 2.24) is 4.90 Å². The predicted octanol–water partition coefficient (Wildman–Crippen LogP) is 2.65. The Balaban J connectivity index is 2.24. The van der Waals surface area contributed by atoms with Crippen molar-refractivity contribution in [2.75, 3.05) is 26.3 Å². The van der Waals surface area contributed by atoms with E-state index < -0.39 is 0 Å². The monoisotopic (exact) mass is 229 g/mol. The van der Waals surface area contributed by atoms with Crippen molar-refractivity contribution in [2.24, 2.45) is 0 Å². The van der Waals surface area contributed by atoms with Gasteiger partial charge >= 0.3 is 0 Å². The third-order valence-corrected chi connectivity index (χ3v) is 3.33. The lowest BCUT2D eigenvalue weighted by Crippen LogP contribution is -2.33. The molecule has 0 bridgehead atoms. The molecule has 16 heavy (non-hydrogen) atoms. The Bertz CT molecular complexity index is 169. The molecule has 0 amide bonds. The molecule has 0 radical (unpaired) electrons. The lowest BCUT2D eigenvalue weighted by atomic mass is 10.1. The number of likely N-dealkylation sites (tertiary alicyclic amines) is 1. The molecule has 3 nitrogen and oxygen atoms in total. The second-order valence-electron chi connectivity index (χ2n) is 4.37. The zero-order valence-electron chi connectivity index (χ0n) is 11.1. The van der Waals surface area contributed by atoms with Crippen LogP contribution in [0.5, 0.6) is 0 Å². The van der Waals surface area contributed by atoms with Gasteiger partial charge in [0.05, 0.1) is 0 Å². The molecule has 0 aliphatic carbocycles. The van der Waals surface area contributed by atoms with E-state index in [-0.39, 0.29) is 6.29 Å². The van der Waals surface area contributed by atoms with Crippen molar-refractivity contribution in [3.05, 3.63) is 0 Å². The van der Waals surface area contributed by atoms with Crippen LogP contribution in [0.3, 0.4) is 0 Å². The number of hydrogen-bond acceptors (Lipinski definition) is 3. The van der Waals surface area contributed by atoms with Crippen LogP contribution in [0.25, 0.3) is 0 Å². The minimum atomic E-state index is -0.00638. The van der Waals surface area contributed by atoms with E-state index in [0.717, 1.165) is 32.2 Å². The molecule has 1 saturated heterocycles. The summed E-state index contributed by atoms with van der Waals surface area (Å²) in [5.41, 5.74) is 0. The second-order valence-corrected chi connectivity index (χ2v) is 4.37. The number of rotatable bonds is 8. The highest BCUT2D eigenvalue weighted by Gasteiger charge is 2.23. The number of hydrogen-bond donors (Lipinski definition) is 0. The first-order valence-electron chi connectivity index (χ1n) is 6.79. The molecule has 96 valence electrons. The van der Waals surface area contributed by atoms with Crippen LogP contribution in [0.15, 0.2) is 0 Å². The maximum atomic E-state index is 5.56. The standard InChI is InChI=1S/C13H27NO2/c1-4-12-8-7-10-14(12)11-9-13(15-5-2)16-6-3/h12-13H,4-11H2,1-3H3. The number of ether oxygens (including phenoxy) is 2. The Morgan fingerprint density at radius 2 is 1.88 bits per heavy atom. The molecule has 0 aromatic carbocycles. The normalized spacial score (nSPS) is 22.1. The van der Waals surface area contributed by atoms with Crippen LogP contribution in [0.1, 0.15) is 46.5 Å². The largest absolute Gasteiger partial charge is 0.353 e. The summed E-state index contributed by atoms with van der Waals surface area (Å²) in [5.74, 6) is 0. The molecule has 1 rings (SSSR count). The van der Waals surface area contributed by atoms with Crippen molar-refractivity contribution < 1.29 is 9.47 Å². The highest BCUT2D eigenvalue weighted by Crippen LogP contribution is 2.20. The lowest BCUT2D eigenvalue weighted by molar-refractivity contribution is -0.142. The summed E-state index contributed by atoms with van der Waals surface area (Å²) in [5, 5.41) is 0. The van der Waals surface area contributed by atoms with Gasteiger partial charge in [-0.05, 0) is 39.7 Å². The van der Waals surface area contributed by atoms with Crippen LogP contribution < -0.4 is 0 Å². The van der Waals surface area contributed by atoms with Crippen LogP contribution in [0.2, 0.25) is 0 Å². The third-order valence-electron chi connectivity index (χ3n) is 3.33. The molecule has 0 aromatic rings. The van der Waals surface area contributed by atoms with Crippen molar-refractivity contribution in [3.8, 4) is 0 Å². The third kappa shape index (κ3) is 4.40. The molecule has 1 heterocycles. The van der Waals surface area contributed by atoms with Crippen LogP contribution >= 0.6 is 0 Å². The van der Waals surface area contributed by atoms with E-state index in [1.165, 1.54) is 25.8 Å². The van der Waals surface area contributed by atoms with Crippen molar-refractivity contribution in [1.29, 1.82) is 0 Å². The van der Waals surface area contributed by atoms with Crippen LogP contribution in [-0.2, 0) is 9.47 Å². The van der Waals surface area contributed by atoms with Crippen molar-refractivity contribution >= 4 is 0 Å². The maximum absolute atomic E-state index is 5.56. The molecule has 0 saturated carbocycles. The summed E-state index contributed by atoms with van der Waals surface area (Å²) < 4.78 is 11.1. The van der Waals surface area contributed by atoms with Gasteiger partial charge in [0.1, 0.15) is 0 Å². The summed E-state index contributed by atoms with van der Waals surface area (Å²) in [6, 6.07) is 0.795. The molecule has 0 N–H and O–H groups in total. The molecule has 1 unspecified atom stereocenters.